The molecule has 0 aliphatic carbocycles. The quantitative estimate of drug-likeness (QED) is 0.841. The average molecular weight is 337 g/mol. The van der Waals surface area contributed by atoms with Crippen molar-refractivity contribution in [3.05, 3.63) is 58.9 Å². The lowest BCUT2D eigenvalue weighted by Gasteiger charge is -2.19. The number of ether oxygens (including phenoxy) is 1. The molecular formula is C17H20FNO3S. The first-order valence-electron chi connectivity index (χ1n) is 7.11. The van der Waals surface area contributed by atoms with Crippen LogP contribution in [0.5, 0.6) is 5.75 Å². The second kappa shape index (κ2) is 6.68. The molecule has 2 aromatic carbocycles. The number of hydrogen-bond acceptors (Lipinski definition) is 3. The van der Waals surface area contributed by atoms with Crippen LogP contribution in [0.2, 0.25) is 0 Å². The smallest absolute Gasteiger partial charge is 0.243 e. The van der Waals surface area contributed by atoms with E-state index >= 15 is 0 Å². The first kappa shape index (κ1) is 17.4. The maximum atomic E-state index is 13.2. The number of halogens is 1. The van der Waals surface area contributed by atoms with Gasteiger partial charge in [0.1, 0.15) is 11.6 Å². The minimum absolute atomic E-state index is 0.101. The third kappa shape index (κ3) is 3.71. The molecule has 6 heteroatoms. The molecule has 0 bridgehead atoms. The molecule has 2 aromatic rings. The highest BCUT2D eigenvalue weighted by atomic mass is 32.2. The standard InChI is InChI=1S/C17H20FNO3S/c1-12-8-16(9-13(2)17(12)22-4)23(20,21)19(3)11-14-6-5-7-15(18)10-14/h5-10H,11H2,1-4H3. The monoisotopic (exact) mass is 337 g/mol. The second-order valence-electron chi connectivity index (χ2n) is 5.48. The van der Waals surface area contributed by atoms with Gasteiger partial charge in [-0.3, -0.25) is 0 Å². The van der Waals surface area contributed by atoms with Crippen molar-refractivity contribution in [2.45, 2.75) is 25.3 Å². The molecule has 0 atom stereocenters. The van der Waals surface area contributed by atoms with Crippen LogP contribution in [0.3, 0.4) is 0 Å². The van der Waals surface area contributed by atoms with Crippen molar-refractivity contribution in [3.8, 4) is 5.75 Å². The van der Waals surface area contributed by atoms with Gasteiger partial charge in [-0.05, 0) is 54.8 Å². The molecule has 0 spiro atoms. The summed E-state index contributed by atoms with van der Waals surface area (Å²) in [5.41, 5.74) is 2.11. The second-order valence-corrected chi connectivity index (χ2v) is 7.53. The average Bonchev–Trinajstić information content (AvgIpc) is 2.46. The summed E-state index contributed by atoms with van der Waals surface area (Å²) in [5, 5.41) is 0. The van der Waals surface area contributed by atoms with Gasteiger partial charge in [-0.25, -0.2) is 12.8 Å². The Balaban J connectivity index is 2.34. The zero-order valence-electron chi connectivity index (χ0n) is 13.6. The summed E-state index contributed by atoms with van der Waals surface area (Å²) in [7, 11) is -0.628. The van der Waals surface area contributed by atoms with Crippen LogP contribution >= 0.6 is 0 Å². The van der Waals surface area contributed by atoms with E-state index in [0.717, 1.165) is 11.1 Å². The number of methoxy groups -OCH3 is 1. The van der Waals surface area contributed by atoms with Crippen molar-refractivity contribution in [1.29, 1.82) is 0 Å². The van der Waals surface area contributed by atoms with Gasteiger partial charge in [-0.2, -0.15) is 4.31 Å². The lowest BCUT2D eigenvalue weighted by molar-refractivity contribution is 0.408. The molecular weight excluding hydrogens is 317 g/mol. The summed E-state index contributed by atoms with van der Waals surface area (Å²) >= 11 is 0. The van der Waals surface area contributed by atoms with Crippen molar-refractivity contribution >= 4 is 10.0 Å². The minimum Gasteiger partial charge on any atom is -0.496 e. The largest absolute Gasteiger partial charge is 0.496 e. The Kier molecular flexibility index (Phi) is 5.06. The van der Waals surface area contributed by atoms with Crippen LogP contribution in [0.25, 0.3) is 0 Å². The van der Waals surface area contributed by atoms with E-state index in [0.29, 0.717) is 11.3 Å². The van der Waals surface area contributed by atoms with Crippen LogP contribution in [0, 0.1) is 19.7 Å². The first-order valence-corrected chi connectivity index (χ1v) is 8.55. The number of benzene rings is 2. The molecule has 0 aliphatic heterocycles. The zero-order chi connectivity index (χ0) is 17.2. The minimum atomic E-state index is -3.66. The normalized spacial score (nSPS) is 11.7. The summed E-state index contributed by atoms with van der Waals surface area (Å²) in [6, 6.07) is 9.09. The van der Waals surface area contributed by atoms with Gasteiger partial charge in [-0.1, -0.05) is 12.1 Å². The van der Waals surface area contributed by atoms with Gasteiger partial charge in [0.2, 0.25) is 10.0 Å². The van der Waals surface area contributed by atoms with Gasteiger partial charge in [0, 0.05) is 13.6 Å². The van der Waals surface area contributed by atoms with Crippen molar-refractivity contribution in [3.63, 3.8) is 0 Å². The van der Waals surface area contributed by atoms with E-state index in [2.05, 4.69) is 0 Å². The topological polar surface area (TPSA) is 46.6 Å². The van der Waals surface area contributed by atoms with Crippen LogP contribution in [-0.4, -0.2) is 26.9 Å². The molecule has 4 nitrogen and oxygen atoms in total. The molecule has 0 radical (unpaired) electrons. The summed E-state index contributed by atoms with van der Waals surface area (Å²) in [4.78, 5) is 0.201. The highest BCUT2D eigenvalue weighted by Gasteiger charge is 2.23. The molecule has 124 valence electrons. The number of sulfonamides is 1. The predicted octanol–water partition coefficient (Wildman–Crippen LogP) is 3.27. The zero-order valence-corrected chi connectivity index (χ0v) is 14.4. The molecule has 0 aromatic heterocycles. The number of hydrogen-bond donors (Lipinski definition) is 0. The Morgan fingerprint density at radius 2 is 1.74 bits per heavy atom. The molecule has 23 heavy (non-hydrogen) atoms. The molecule has 0 heterocycles. The van der Waals surface area contributed by atoms with E-state index in [4.69, 9.17) is 4.74 Å². The van der Waals surface area contributed by atoms with E-state index in [9.17, 15) is 12.8 Å². The van der Waals surface area contributed by atoms with E-state index in [-0.39, 0.29) is 17.3 Å². The first-order chi connectivity index (χ1) is 10.8. The molecule has 0 aliphatic rings. The summed E-state index contributed by atoms with van der Waals surface area (Å²) in [6.07, 6.45) is 0. The Labute approximate surface area is 136 Å². The highest BCUT2D eigenvalue weighted by molar-refractivity contribution is 7.89. The van der Waals surface area contributed by atoms with Gasteiger partial charge >= 0.3 is 0 Å². The third-order valence-corrected chi connectivity index (χ3v) is 5.42. The van der Waals surface area contributed by atoms with Gasteiger partial charge in [-0.15, -0.1) is 0 Å². The van der Waals surface area contributed by atoms with Crippen molar-refractivity contribution in [1.82, 2.24) is 4.31 Å². The van der Waals surface area contributed by atoms with Crippen LogP contribution in [0.15, 0.2) is 41.3 Å². The van der Waals surface area contributed by atoms with E-state index in [1.54, 1.807) is 45.2 Å². The summed E-state index contributed by atoms with van der Waals surface area (Å²) in [6.45, 7) is 3.71. The van der Waals surface area contributed by atoms with Crippen molar-refractivity contribution in [2.75, 3.05) is 14.2 Å². The Morgan fingerprint density at radius 3 is 2.26 bits per heavy atom. The van der Waals surface area contributed by atoms with Crippen molar-refractivity contribution in [2.24, 2.45) is 0 Å². The molecule has 0 fully saturated rings. The van der Waals surface area contributed by atoms with E-state index in [1.165, 1.54) is 23.5 Å². The summed E-state index contributed by atoms with van der Waals surface area (Å²) < 4.78 is 45.2. The Hall–Kier alpha value is -1.92. The van der Waals surface area contributed by atoms with Crippen LogP contribution in [0.4, 0.5) is 4.39 Å². The third-order valence-electron chi connectivity index (χ3n) is 3.64. The lowest BCUT2D eigenvalue weighted by Crippen LogP contribution is -2.26. The summed E-state index contributed by atoms with van der Waals surface area (Å²) in [5.74, 6) is 0.293. The lowest BCUT2D eigenvalue weighted by atomic mass is 10.1. The maximum Gasteiger partial charge on any atom is 0.243 e. The van der Waals surface area contributed by atoms with Gasteiger partial charge in [0.15, 0.2) is 0 Å². The van der Waals surface area contributed by atoms with Gasteiger partial charge < -0.3 is 4.74 Å². The Bertz CT molecular complexity index is 795. The van der Waals surface area contributed by atoms with Gasteiger partial charge in [0.25, 0.3) is 0 Å². The molecule has 0 amide bonds. The fourth-order valence-electron chi connectivity index (χ4n) is 2.54. The Morgan fingerprint density at radius 1 is 1.13 bits per heavy atom. The van der Waals surface area contributed by atoms with E-state index < -0.39 is 10.0 Å². The molecule has 0 saturated carbocycles. The predicted molar refractivity (Wildman–Crippen MR) is 87.5 cm³/mol. The van der Waals surface area contributed by atoms with Crippen molar-refractivity contribution < 1.29 is 17.5 Å². The van der Waals surface area contributed by atoms with Gasteiger partial charge in [0.05, 0.1) is 12.0 Å². The number of rotatable bonds is 5. The number of nitrogens with zero attached hydrogens (tertiary/aromatic N) is 1. The van der Waals surface area contributed by atoms with E-state index in [1.807, 2.05) is 0 Å². The fraction of sp³-hybridized carbons (Fsp3) is 0.294. The SMILES string of the molecule is COc1c(C)cc(S(=O)(=O)N(C)Cc2cccc(F)c2)cc1C. The maximum absolute atomic E-state index is 13.2. The van der Waals surface area contributed by atoms with Crippen LogP contribution in [0.1, 0.15) is 16.7 Å². The molecule has 0 unspecified atom stereocenters. The molecule has 2 rings (SSSR count). The van der Waals surface area contributed by atoms with Crippen LogP contribution in [-0.2, 0) is 16.6 Å². The molecule has 0 N–H and O–H groups in total. The van der Waals surface area contributed by atoms with Crippen LogP contribution < -0.4 is 4.74 Å². The highest BCUT2D eigenvalue weighted by Crippen LogP contribution is 2.28. The molecule has 0 saturated heterocycles. The number of aryl methyl sites for hydroxylation is 2. The fourth-order valence-corrected chi connectivity index (χ4v) is 3.87.